The van der Waals surface area contributed by atoms with Crippen molar-refractivity contribution in [1.82, 2.24) is 0 Å². The van der Waals surface area contributed by atoms with Crippen LogP contribution in [0.3, 0.4) is 0 Å². The molecular formula is C20H17Cl2NO4. The number of fused-ring (bicyclic) bond motifs is 1. The highest BCUT2D eigenvalue weighted by molar-refractivity contribution is 6.44. The third kappa shape index (κ3) is 4.26. The molecule has 3 rings (SSSR count). The van der Waals surface area contributed by atoms with Gasteiger partial charge in [-0.1, -0.05) is 41.4 Å². The van der Waals surface area contributed by atoms with Gasteiger partial charge in [0.25, 0.3) is 5.91 Å². The van der Waals surface area contributed by atoms with E-state index in [1.54, 1.807) is 24.5 Å². The lowest BCUT2D eigenvalue weighted by Crippen LogP contribution is -2.21. The molecule has 7 heteroatoms. The fourth-order valence-corrected chi connectivity index (χ4v) is 3.01. The van der Waals surface area contributed by atoms with Gasteiger partial charge in [-0.25, -0.2) is 0 Å². The van der Waals surface area contributed by atoms with Crippen LogP contribution in [0, 0.1) is 13.8 Å². The molecular weight excluding hydrogens is 389 g/mol. The number of hydrogen-bond acceptors (Lipinski definition) is 4. The van der Waals surface area contributed by atoms with E-state index in [2.05, 4.69) is 5.32 Å². The Hall–Kier alpha value is -2.50. The number of aryl methyl sites for hydroxylation is 2. The zero-order chi connectivity index (χ0) is 19.6. The third-order valence-corrected chi connectivity index (χ3v) is 5.09. The number of furan rings is 1. The van der Waals surface area contributed by atoms with Crippen LogP contribution in [0.1, 0.15) is 16.7 Å². The Bertz CT molecular complexity index is 1030. The van der Waals surface area contributed by atoms with Crippen LogP contribution in [-0.4, -0.2) is 18.5 Å². The van der Waals surface area contributed by atoms with E-state index in [9.17, 15) is 9.59 Å². The summed E-state index contributed by atoms with van der Waals surface area (Å²) in [6.45, 7) is 3.54. The minimum atomic E-state index is -0.525. The molecule has 0 aliphatic rings. The van der Waals surface area contributed by atoms with E-state index < -0.39 is 18.5 Å². The summed E-state index contributed by atoms with van der Waals surface area (Å²) in [6.07, 6.45) is 1.56. The van der Waals surface area contributed by atoms with Gasteiger partial charge in [-0.3, -0.25) is 9.59 Å². The maximum absolute atomic E-state index is 12.1. The molecule has 0 radical (unpaired) electrons. The van der Waals surface area contributed by atoms with Crippen LogP contribution in [0.5, 0.6) is 0 Å². The topological polar surface area (TPSA) is 68.5 Å². The molecule has 0 aliphatic carbocycles. The number of benzene rings is 2. The average molecular weight is 406 g/mol. The number of ether oxygens (including phenoxy) is 1. The molecule has 0 atom stereocenters. The molecule has 0 aliphatic heterocycles. The third-order valence-electron chi connectivity index (χ3n) is 4.27. The van der Waals surface area contributed by atoms with Crippen molar-refractivity contribution in [3.63, 3.8) is 0 Å². The molecule has 0 saturated heterocycles. The average Bonchev–Trinajstić information content (AvgIpc) is 3.04. The van der Waals surface area contributed by atoms with Gasteiger partial charge in [0.1, 0.15) is 5.58 Å². The summed E-state index contributed by atoms with van der Waals surface area (Å²) in [5.41, 5.74) is 3.98. The van der Waals surface area contributed by atoms with E-state index in [0.29, 0.717) is 10.7 Å². The fraction of sp³-hybridized carbons (Fsp3) is 0.200. The number of carbonyl (C=O) groups is 2. The Morgan fingerprint density at radius 1 is 1.15 bits per heavy atom. The second-order valence-corrected chi connectivity index (χ2v) is 6.92. The van der Waals surface area contributed by atoms with E-state index in [-0.39, 0.29) is 11.4 Å². The van der Waals surface area contributed by atoms with Crippen molar-refractivity contribution in [2.75, 3.05) is 11.9 Å². The Kier molecular flexibility index (Phi) is 5.73. The summed E-state index contributed by atoms with van der Waals surface area (Å²) in [7, 11) is 0. The molecule has 140 valence electrons. The fourth-order valence-electron chi connectivity index (χ4n) is 2.66. The van der Waals surface area contributed by atoms with Crippen LogP contribution in [0.25, 0.3) is 11.0 Å². The predicted octanol–water partition coefficient (Wildman–Crippen LogP) is 5.08. The first-order chi connectivity index (χ1) is 12.9. The lowest BCUT2D eigenvalue weighted by molar-refractivity contribution is -0.146. The van der Waals surface area contributed by atoms with E-state index >= 15 is 0 Å². The first kappa shape index (κ1) is 19.3. The van der Waals surface area contributed by atoms with Crippen molar-refractivity contribution in [3.8, 4) is 0 Å². The van der Waals surface area contributed by atoms with Crippen LogP contribution in [-0.2, 0) is 20.7 Å². The number of amides is 1. The molecule has 1 heterocycles. The van der Waals surface area contributed by atoms with Gasteiger partial charge in [-0.05, 0) is 37.1 Å². The first-order valence-electron chi connectivity index (χ1n) is 8.22. The zero-order valence-corrected chi connectivity index (χ0v) is 16.3. The number of anilines is 1. The number of hydrogen-bond donors (Lipinski definition) is 1. The predicted molar refractivity (Wildman–Crippen MR) is 105 cm³/mol. The number of esters is 1. The van der Waals surface area contributed by atoms with Crippen molar-refractivity contribution in [1.29, 1.82) is 0 Å². The van der Waals surface area contributed by atoms with E-state index in [1.807, 2.05) is 26.0 Å². The monoisotopic (exact) mass is 405 g/mol. The van der Waals surface area contributed by atoms with Crippen molar-refractivity contribution in [3.05, 3.63) is 63.3 Å². The van der Waals surface area contributed by atoms with Crippen LogP contribution >= 0.6 is 23.2 Å². The highest BCUT2D eigenvalue weighted by Gasteiger charge is 2.15. The summed E-state index contributed by atoms with van der Waals surface area (Å²) in [6, 6.07) is 8.76. The SMILES string of the molecule is Cc1ccc2c(CC(=O)OCC(=O)Nc3cccc(Cl)c3Cl)coc2c1C. The summed E-state index contributed by atoms with van der Waals surface area (Å²) in [5.74, 6) is -1.03. The van der Waals surface area contributed by atoms with Gasteiger partial charge in [0.05, 0.1) is 28.4 Å². The Labute approximate surface area is 166 Å². The minimum Gasteiger partial charge on any atom is -0.464 e. The van der Waals surface area contributed by atoms with Crippen molar-refractivity contribution in [2.45, 2.75) is 20.3 Å². The molecule has 27 heavy (non-hydrogen) atoms. The summed E-state index contributed by atoms with van der Waals surface area (Å²) in [5, 5.41) is 3.98. The van der Waals surface area contributed by atoms with Crippen LogP contribution in [0.2, 0.25) is 10.0 Å². The molecule has 0 spiro atoms. The quantitative estimate of drug-likeness (QED) is 0.600. The number of rotatable bonds is 5. The smallest absolute Gasteiger partial charge is 0.310 e. The van der Waals surface area contributed by atoms with E-state index in [1.165, 1.54) is 0 Å². The van der Waals surface area contributed by atoms with Gasteiger partial charge >= 0.3 is 5.97 Å². The maximum Gasteiger partial charge on any atom is 0.310 e. The first-order valence-corrected chi connectivity index (χ1v) is 8.98. The molecule has 0 bridgehead atoms. The zero-order valence-electron chi connectivity index (χ0n) is 14.8. The maximum atomic E-state index is 12.1. The summed E-state index contributed by atoms with van der Waals surface area (Å²) < 4.78 is 10.6. The second-order valence-electron chi connectivity index (χ2n) is 6.13. The highest BCUT2D eigenvalue weighted by atomic mass is 35.5. The minimum absolute atomic E-state index is 0.0146. The molecule has 2 aromatic carbocycles. The van der Waals surface area contributed by atoms with E-state index in [0.717, 1.165) is 27.7 Å². The van der Waals surface area contributed by atoms with Gasteiger partial charge in [0, 0.05) is 10.9 Å². The Morgan fingerprint density at radius 3 is 2.70 bits per heavy atom. The van der Waals surface area contributed by atoms with Crippen molar-refractivity contribution < 1.29 is 18.7 Å². The van der Waals surface area contributed by atoms with Crippen LogP contribution < -0.4 is 5.32 Å². The Morgan fingerprint density at radius 2 is 1.93 bits per heavy atom. The van der Waals surface area contributed by atoms with Gasteiger partial charge in [0.15, 0.2) is 6.61 Å². The van der Waals surface area contributed by atoms with Gasteiger partial charge in [-0.15, -0.1) is 0 Å². The van der Waals surface area contributed by atoms with Gasteiger partial charge < -0.3 is 14.5 Å². The standard InChI is InChI=1S/C20H17Cl2NO4/c1-11-6-7-14-13(9-27-20(14)12(11)2)8-18(25)26-10-17(24)23-16-5-3-4-15(21)19(16)22/h3-7,9H,8,10H2,1-2H3,(H,23,24). The molecule has 3 aromatic rings. The van der Waals surface area contributed by atoms with E-state index in [4.69, 9.17) is 32.4 Å². The molecule has 1 N–H and O–H groups in total. The second kappa shape index (κ2) is 8.03. The molecule has 0 saturated carbocycles. The van der Waals surface area contributed by atoms with Gasteiger partial charge in [0.2, 0.25) is 0 Å². The molecule has 1 amide bonds. The largest absolute Gasteiger partial charge is 0.464 e. The van der Waals surface area contributed by atoms with Crippen LogP contribution in [0.15, 0.2) is 41.0 Å². The van der Waals surface area contributed by atoms with Gasteiger partial charge in [-0.2, -0.15) is 0 Å². The lowest BCUT2D eigenvalue weighted by atomic mass is 10.0. The normalized spacial score (nSPS) is 10.8. The Balaban J connectivity index is 1.59. The highest BCUT2D eigenvalue weighted by Crippen LogP contribution is 2.29. The number of nitrogens with one attached hydrogen (secondary N) is 1. The van der Waals surface area contributed by atoms with Crippen molar-refractivity contribution in [2.24, 2.45) is 0 Å². The molecule has 1 aromatic heterocycles. The summed E-state index contributed by atoms with van der Waals surface area (Å²) >= 11 is 11.9. The van der Waals surface area contributed by atoms with Crippen molar-refractivity contribution >= 4 is 51.7 Å². The van der Waals surface area contributed by atoms with Crippen LogP contribution in [0.4, 0.5) is 5.69 Å². The molecule has 0 unspecified atom stereocenters. The lowest BCUT2D eigenvalue weighted by Gasteiger charge is -2.08. The number of halogens is 2. The molecule has 5 nitrogen and oxygen atoms in total. The molecule has 0 fully saturated rings. The summed E-state index contributed by atoms with van der Waals surface area (Å²) in [4.78, 5) is 24.1. The number of carbonyl (C=O) groups excluding carboxylic acids is 2.